The van der Waals surface area contributed by atoms with Crippen molar-refractivity contribution in [2.45, 2.75) is 13.1 Å². The van der Waals surface area contributed by atoms with Gasteiger partial charge in [-0.25, -0.2) is 0 Å². The first kappa shape index (κ1) is 17.9. The number of benzene rings is 3. The molecule has 140 valence electrons. The third kappa shape index (κ3) is 4.41. The van der Waals surface area contributed by atoms with Crippen LogP contribution in [0.3, 0.4) is 0 Å². The fourth-order valence-corrected chi connectivity index (χ4v) is 3.12. The number of furan rings is 1. The molecule has 28 heavy (non-hydrogen) atoms. The number of hydrogen-bond acceptors (Lipinski definition) is 3. The van der Waals surface area contributed by atoms with Crippen LogP contribution in [-0.2, 0) is 17.9 Å². The van der Waals surface area contributed by atoms with Gasteiger partial charge in [-0.05, 0) is 40.6 Å². The van der Waals surface area contributed by atoms with E-state index in [4.69, 9.17) is 9.15 Å². The van der Waals surface area contributed by atoms with E-state index in [1.54, 1.807) is 11.2 Å². The molecule has 0 saturated heterocycles. The molecule has 0 fully saturated rings. The van der Waals surface area contributed by atoms with Crippen LogP contribution in [0.25, 0.3) is 10.8 Å². The Hall–Kier alpha value is -3.53. The van der Waals surface area contributed by atoms with Gasteiger partial charge >= 0.3 is 0 Å². The van der Waals surface area contributed by atoms with Crippen molar-refractivity contribution in [3.8, 4) is 5.75 Å². The Morgan fingerprint density at radius 1 is 0.821 bits per heavy atom. The topological polar surface area (TPSA) is 42.7 Å². The van der Waals surface area contributed by atoms with Gasteiger partial charge in [-0.2, -0.15) is 0 Å². The first-order chi connectivity index (χ1) is 13.8. The molecule has 0 radical (unpaired) electrons. The van der Waals surface area contributed by atoms with Crippen molar-refractivity contribution in [2.75, 3.05) is 6.61 Å². The molecule has 0 bridgehead atoms. The van der Waals surface area contributed by atoms with Gasteiger partial charge in [-0.15, -0.1) is 0 Å². The Labute approximate surface area is 164 Å². The van der Waals surface area contributed by atoms with Gasteiger partial charge in [0.25, 0.3) is 5.91 Å². The maximum Gasteiger partial charge on any atom is 0.261 e. The number of carbonyl (C=O) groups is 1. The van der Waals surface area contributed by atoms with Crippen molar-refractivity contribution < 1.29 is 13.9 Å². The second-order valence-electron chi connectivity index (χ2n) is 6.61. The summed E-state index contributed by atoms with van der Waals surface area (Å²) < 4.78 is 11.2. The molecule has 0 spiro atoms. The molecule has 0 aliphatic heterocycles. The summed E-state index contributed by atoms with van der Waals surface area (Å²) in [5.41, 5.74) is 1.06. The Balaban J connectivity index is 1.46. The van der Waals surface area contributed by atoms with E-state index in [-0.39, 0.29) is 12.5 Å². The molecule has 0 unspecified atom stereocenters. The fraction of sp³-hybridized carbons (Fsp3) is 0.125. The number of nitrogens with zero attached hydrogens (tertiary/aromatic N) is 1. The van der Waals surface area contributed by atoms with Crippen LogP contribution in [0.1, 0.15) is 11.3 Å². The van der Waals surface area contributed by atoms with Crippen LogP contribution >= 0.6 is 0 Å². The summed E-state index contributed by atoms with van der Waals surface area (Å²) >= 11 is 0. The number of carbonyl (C=O) groups excluding carboxylic acids is 1. The monoisotopic (exact) mass is 371 g/mol. The highest BCUT2D eigenvalue weighted by molar-refractivity contribution is 5.84. The number of rotatable bonds is 7. The smallest absolute Gasteiger partial charge is 0.261 e. The zero-order chi connectivity index (χ0) is 19.2. The second-order valence-corrected chi connectivity index (χ2v) is 6.61. The van der Waals surface area contributed by atoms with Gasteiger partial charge in [-0.3, -0.25) is 4.79 Å². The molecule has 0 saturated carbocycles. The zero-order valence-electron chi connectivity index (χ0n) is 15.5. The largest absolute Gasteiger partial charge is 0.484 e. The molecule has 0 aliphatic rings. The summed E-state index contributed by atoms with van der Waals surface area (Å²) in [6.07, 6.45) is 1.62. The minimum absolute atomic E-state index is 0.0219. The normalized spacial score (nSPS) is 10.7. The van der Waals surface area contributed by atoms with Gasteiger partial charge in [-0.1, -0.05) is 60.7 Å². The lowest BCUT2D eigenvalue weighted by Crippen LogP contribution is -2.34. The van der Waals surface area contributed by atoms with Gasteiger partial charge < -0.3 is 14.1 Å². The summed E-state index contributed by atoms with van der Waals surface area (Å²) in [6.45, 7) is 0.884. The molecule has 0 aliphatic carbocycles. The predicted molar refractivity (Wildman–Crippen MR) is 109 cm³/mol. The number of ether oxygens (including phenoxy) is 1. The minimum atomic E-state index is -0.0894. The van der Waals surface area contributed by atoms with E-state index < -0.39 is 0 Å². The van der Waals surface area contributed by atoms with Crippen molar-refractivity contribution in [1.29, 1.82) is 0 Å². The first-order valence-corrected chi connectivity index (χ1v) is 9.23. The van der Waals surface area contributed by atoms with Gasteiger partial charge in [0, 0.05) is 6.54 Å². The third-order valence-electron chi connectivity index (χ3n) is 4.58. The Morgan fingerprint density at radius 2 is 1.61 bits per heavy atom. The van der Waals surface area contributed by atoms with Crippen molar-refractivity contribution >= 4 is 16.7 Å². The Kier molecular flexibility index (Phi) is 5.38. The van der Waals surface area contributed by atoms with E-state index in [0.29, 0.717) is 18.8 Å². The van der Waals surface area contributed by atoms with Crippen LogP contribution in [0.5, 0.6) is 5.75 Å². The standard InChI is InChI=1S/C24H21NO3/c26-24(18-28-22-13-12-20-9-4-5-10-21(20)15-22)25(17-23-11-6-14-27-23)16-19-7-2-1-3-8-19/h1-15H,16-18H2. The molecule has 4 aromatic rings. The Bertz CT molecular complexity index is 1040. The quantitative estimate of drug-likeness (QED) is 0.457. The number of hydrogen-bond donors (Lipinski definition) is 0. The fourth-order valence-electron chi connectivity index (χ4n) is 3.12. The number of fused-ring (bicyclic) bond motifs is 1. The van der Waals surface area contributed by atoms with Crippen LogP contribution in [-0.4, -0.2) is 17.4 Å². The van der Waals surface area contributed by atoms with Crippen molar-refractivity contribution in [3.63, 3.8) is 0 Å². The third-order valence-corrected chi connectivity index (χ3v) is 4.58. The Morgan fingerprint density at radius 3 is 2.39 bits per heavy atom. The average molecular weight is 371 g/mol. The molecule has 0 N–H and O–H groups in total. The van der Waals surface area contributed by atoms with Gasteiger partial charge in [0.15, 0.2) is 6.61 Å². The highest BCUT2D eigenvalue weighted by Crippen LogP contribution is 2.21. The molecule has 3 aromatic carbocycles. The van der Waals surface area contributed by atoms with Gasteiger partial charge in [0.1, 0.15) is 11.5 Å². The molecule has 0 atom stereocenters. The highest BCUT2D eigenvalue weighted by Gasteiger charge is 2.17. The number of amides is 1. The molecule has 4 rings (SSSR count). The van der Waals surface area contributed by atoms with Crippen molar-refractivity contribution in [1.82, 2.24) is 4.90 Å². The maximum absolute atomic E-state index is 12.9. The SMILES string of the molecule is O=C(COc1ccc2ccccc2c1)N(Cc1ccccc1)Cc1ccco1. The molecule has 4 nitrogen and oxygen atoms in total. The molecule has 4 heteroatoms. The van der Waals surface area contributed by atoms with E-state index in [1.807, 2.05) is 78.9 Å². The van der Waals surface area contributed by atoms with E-state index in [1.165, 1.54) is 0 Å². The lowest BCUT2D eigenvalue weighted by Gasteiger charge is -2.22. The van der Waals surface area contributed by atoms with Gasteiger partial charge in [0.2, 0.25) is 0 Å². The summed E-state index contributed by atoms with van der Waals surface area (Å²) in [6, 6.07) is 27.5. The van der Waals surface area contributed by atoms with Crippen molar-refractivity contribution in [3.05, 3.63) is 103 Å². The summed E-state index contributed by atoms with van der Waals surface area (Å²) in [7, 11) is 0. The lowest BCUT2D eigenvalue weighted by atomic mass is 10.1. The van der Waals surface area contributed by atoms with Crippen LogP contribution < -0.4 is 4.74 Å². The molecule has 1 amide bonds. The van der Waals surface area contributed by atoms with E-state index in [9.17, 15) is 4.79 Å². The first-order valence-electron chi connectivity index (χ1n) is 9.23. The summed E-state index contributed by atoms with van der Waals surface area (Å²) in [5, 5.41) is 2.23. The molecular weight excluding hydrogens is 350 g/mol. The zero-order valence-corrected chi connectivity index (χ0v) is 15.5. The second kappa shape index (κ2) is 8.44. The molecule has 1 heterocycles. The van der Waals surface area contributed by atoms with Crippen molar-refractivity contribution in [2.24, 2.45) is 0 Å². The summed E-state index contributed by atoms with van der Waals surface area (Å²) in [4.78, 5) is 14.6. The predicted octanol–water partition coefficient (Wildman–Crippen LogP) is 5.04. The molecule has 1 aromatic heterocycles. The lowest BCUT2D eigenvalue weighted by molar-refractivity contribution is -0.134. The van der Waals surface area contributed by atoms with E-state index >= 15 is 0 Å². The van der Waals surface area contributed by atoms with Crippen LogP contribution in [0.15, 0.2) is 95.6 Å². The van der Waals surface area contributed by atoms with Crippen LogP contribution in [0, 0.1) is 0 Å². The van der Waals surface area contributed by atoms with Crippen LogP contribution in [0.4, 0.5) is 0 Å². The molecular formula is C24H21NO3. The summed E-state index contributed by atoms with van der Waals surface area (Å²) in [5.74, 6) is 1.34. The minimum Gasteiger partial charge on any atom is -0.484 e. The van der Waals surface area contributed by atoms with Gasteiger partial charge in [0.05, 0.1) is 12.8 Å². The van der Waals surface area contributed by atoms with Crippen LogP contribution in [0.2, 0.25) is 0 Å². The average Bonchev–Trinajstić information content (AvgIpc) is 3.25. The maximum atomic E-state index is 12.9. The van der Waals surface area contributed by atoms with E-state index in [0.717, 1.165) is 22.1 Å². The van der Waals surface area contributed by atoms with E-state index in [2.05, 4.69) is 6.07 Å². The highest BCUT2D eigenvalue weighted by atomic mass is 16.5.